The Morgan fingerprint density at radius 3 is 2.32 bits per heavy atom. The number of nitrogens with zero attached hydrogens (tertiary/aromatic N) is 3. The number of fused-ring (bicyclic) bond motifs is 1. The topological polar surface area (TPSA) is 50.3 Å². The fourth-order valence-electron chi connectivity index (χ4n) is 4.19. The van der Waals surface area contributed by atoms with Crippen molar-refractivity contribution in [2.45, 2.75) is 6.42 Å². The van der Waals surface area contributed by atoms with Crippen molar-refractivity contribution < 1.29 is 4.74 Å². The average Bonchev–Trinajstić information content (AvgIpc) is 2.86. The summed E-state index contributed by atoms with van der Waals surface area (Å²) in [6, 6.07) is 27.6. The molecule has 1 N–H and O–H groups in total. The maximum absolute atomic E-state index is 5.45. The van der Waals surface area contributed by atoms with Gasteiger partial charge in [0.1, 0.15) is 0 Å². The highest BCUT2D eigenvalue weighted by atomic mass is 35.5. The quantitative estimate of drug-likeness (QED) is 0.367. The summed E-state index contributed by atoms with van der Waals surface area (Å²) < 4.78 is 5.45. The van der Waals surface area contributed by atoms with E-state index in [1.807, 2.05) is 18.2 Å². The Morgan fingerprint density at radius 2 is 1.53 bits per heavy atom. The Labute approximate surface area is 213 Å². The van der Waals surface area contributed by atoms with Gasteiger partial charge in [-0.3, -0.25) is 4.90 Å². The van der Waals surface area contributed by atoms with Crippen LogP contribution in [0.1, 0.15) is 11.1 Å². The molecule has 1 aliphatic heterocycles. The number of morpholine rings is 1. The van der Waals surface area contributed by atoms with Crippen molar-refractivity contribution >= 4 is 41.4 Å². The van der Waals surface area contributed by atoms with E-state index in [2.05, 4.69) is 81.1 Å². The predicted octanol–water partition coefficient (Wildman–Crippen LogP) is 5.48. The van der Waals surface area contributed by atoms with Gasteiger partial charge in [-0.15, -0.1) is 35.0 Å². The first kappa shape index (κ1) is 25.9. The van der Waals surface area contributed by atoms with Gasteiger partial charge in [0, 0.05) is 43.7 Å². The highest BCUT2D eigenvalue weighted by molar-refractivity contribution is 5.85. The van der Waals surface area contributed by atoms with Crippen LogP contribution in [0.15, 0.2) is 78.9 Å². The zero-order valence-electron chi connectivity index (χ0n) is 19.0. The molecule has 178 valence electrons. The third-order valence-corrected chi connectivity index (χ3v) is 5.98. The molecule has 0 spiro atoms. The molecule has 34 heavy (non-hydrogen) atoms. The number of aromatic nitrogens is 2. The van der Waals surface area contributed by atoms with Crippen molar-refractivity contribution in [2.75, 3.05) is 44.7 Å². The summed E-state index contributed by atoms with van der Waals surface area (Å²) in [4.78, 5) is 2.42. The number of halogens is 2. The van der Waals surface area contributed by atoms with Gasteiger partial charge in [0.25, 0.3) is 0 Å². The maximum Gasteiger partial charge on any atom is 0.152 e. The Bertz CT molecular complexity index is 1180. The minimum atomic E-state index is 0. The van der Waals surface area contributed by atoms with E-state index < -0.39 is 0 Å². The van der Waals surface area contributed by atoms with Crippen molar-refractivity contribution in [2.24, 2.45) is 0 Å². The van der Waals surface area contributed by atoms with Crippen LogP contribution < -0.4 is 5.32 Å². The molecule has 0 unspecified atom stereocenters. The Hall–Kier alpha value is -2.70. The molecular formula is C27H30Cl2N4O. The van der Waals surface area contributed by atoms with Crippen LogP contribution in [0.3, 0.4) is 0 Å². The van der Waals surface area contributed by atoms with Crippen LogP contribution in [0.2, 0.25) is 0 Å². The number of anilines is 1. The summed E-state index contributed by atoms with van der Waals surface area (Å²) in [5, 5.41) is 15.2. The van der Waals surface area contributed by atoms with Crippen molar-refractivity contribution in [1.82, 2.24) is 15.1 Å². The van der Waals surface area contributed by atoms with Gasteiger partial charge in [0.15, 0.2) is 5.82 Å². The summed E-state index contributed by atoms with van der Waals surface area (Å²) >= 11 is 0. The first-order valence-electron chi connectivity index (χ1n) is 11.3. The van der Waals surface area contributed by atoms with Crippen LogP contribution in [0.5, 0.6) is 0 Å². The van der Waals surface area contributed by atoms with Crippen LogP contribution in [0.4, 0.5) is 5.82 Å². The zero-order valence-corrected chi connectivity index (χ0v) is 20.7. The summed E-state index contributed by atoms with van der Waals surface area (Å²) in [7, 11) is 0. The fraction of sp³-hybridized carbons (Fsp3) is 0.259. The lowest BCUT2D eigenvalue weighted by Crippen LogP contribution is -2.39. The van der Waals surface area contributed by atoms with E-state index in [-0.39, 0.29) is 24.8 Å². The number of ether oxygens (including phenoxy) is 1. The van der Waals surface area contributed by atoms with Gasteiger partial charge in [0.2, 0.25) is 0 Å². The predicted molar refractivity (Wildman–Crippen MR) is 144 cm³/mol. The number of benzene rings is 3. The van der Waals surface area contributed by atoms with Crippen LogP contribution >= 0.6 is 24.8 Å². The van der Waals surface area contributed by atoms with Gasteiger partial charge in [-0.25, -0.2) is 0 Å². The fourth-order valence-corrected chi connectivity index (χ4v) is 4.19. The van der Waals surface area contributed by atoms with Crippen molar-refractivity contribution in [3.63, 3.8) is 0 Å². The minimum absolute atomic E-state index is 0. The lowest BCUT2D eigenvalue weighted by molar-refractivity contribution is 0.0398. The molecule has 0 radical (unpaired) electrons. The van der Waals surface area contributed by atoms with Crippen LogP contribution in [-0.4, -0.2) is 54.5 Å². The van der Waals surface area contributed by atoms with E-state index in [4.69, 9.17) is 4.74 Å². The molecule has 0 atom stereocenters. The smallest absolute Gasteiger partial charge is 0.152 e. The van der Waals surface area contributed by atoms with Gasteiger partial charge in [-0.1, -0.05) is 72.8 Å². The molecule has 5 rings (SSSR count). The second-order valence-electron chi connectivity index (χ2n) is 8.21. The van der Waals surface area contributed by atoms with Crippen LogP contribution in [0.25, 0.3) is 22.0 Å². The first-order valence-corrected chi connectivity index (χ1v) is 11.3. The van der Waals surface area contributed by atoms with E-state index in [1.54, 1.807) is 0 Å². The summed E-state index contributed by atoms with van der Waals surface area (Å²) in [5.74, 6) is 0.867. The third-order valence-electron chi connectivity index (χ3n) is 5.98. The first-order chi connectivity index (χ1) is 15.8. The average molecular weight is 497 g/mol. The van der Waals surface area contributed by atoms with E-state index in [9.17, 15) is 0 Å². The molecule has 1 fully saturated rings. The van der Waals surface area contributed by atoms with Crippen molar-refractivity contribution in [1.29, 1.82) is 0 Å². The molecule has 1 saturated heterocycles. The maximum atomic E-state index is 5.45. The Morgan fingerprint density at radius 1 is 0.794 bits per heavy atom. The highest BCUT2D eigenvalue weighted by Gasteiger charge is 2.13. The van der Waals surface area contributed by atoms with Crippen LogP contribution in [-0.2, 0) is 11.2 Å². The molecular weight excluding hydrogens is 467 g/mol. The molecule has 3 aromatic carbocycles. The standard InChI is InChI=1S/C27H28N4O.2ClH/c1-2-7-23(8-3-1)26-20-25(19-21-10-11-22-6-4-5-9-24(22)18-21)27(30-29-26)28-12-13-31-14-16-32-17-15-31;;/h1-11,18,20H,12-17,19H2,(H,28,30);2*1H. The van der Waals surface area contributed by atoms with Crippen molar-refractivity contribution in [3.05, 3.63) is 90.0 Å². The second kappa shape index (κ2) is 12.7. The van der Waals surface area contributed by atoms with E-state index >= 15 is 0 Å². The van der Waals surface area contributed by atoms with E-state index in [1.165, 1.54) is 16.3 Å². The monoisotopic (exact) mass is 496 g/mol. The number of nitrogens with one attached hydrogen (secondary N) is 1. The minimum Gasteiger partial charge on any atom is -0.379 e. The third kappa shape index (κ3) is 6.45. The summed E-state index contributed by atoms with van der Waals surface area (Å²) in [5.41, 5.74) is 4.42. The Kier molecular flexibility index (Phi) is 9.66. The lowest BCUT2D eigenvalue weighted by atomic mass is 10.0. The molecule has 7 heteroatoms. The molecule has 0 bridgehead atoms. The normalized spacial score (nSPS) is 13.6. The van der Waals surface area contributed by atoms with Gasteiger partial charge in [-0.05, 0) is 22.4 Å². The molecule has 0 saturated carbocycles. The number of hydrogen-bond donors (Lipinski definition) is 1. The van der Waals surface area contributed by atoms with Gasteiger partial charge in [0.05, 0.1) is 18.9 Å². The number of hydrogen-bond acceptors (Lipinski definition) is 5. The zero-order chi connectivity index (χ0) is 21.6. The molecule has 2 heterocycles. The molecule has 4 aromatic rings. The summed E-state index contributed by atoms with van der Waals surface area (Å²) in [6.45, 7) is 5.43. The molecule has 5 nitrogen and oxygen atoms in total. The largest absolute Gasteiger partial charge is 0.379 e. The SMILES string of the molecule is Cl.Cl.c1ccc(-c2cc(Cc3ccc4ccccc4c3)c(NCCN3CCOCC3)nn2)cc1. The highest BCUT2D eigenvalue weighted by Crippen LogP contribution is 2.24. The molecule has 0 aliphatic carbocycles. The van der Waals surface area contributed by atoms with Gasteiger partial charge >= 0.3 is 0 Å². The van der Waals surface area contributed by atoms with Crippen LogP contribution in [0, 0.1) is 0 Å². The van der Waals surface area contributed by atoms with E-state index in [0.29, 0.717) is 0 Å². The Balaban J connectivity index is 0.00000162. The van der Waals surface area contributed by atoms with Gasteiger partial charge < -0.3 is 10.1 Å². The lowest BCUT2D eigenvalue weighted by Gasteiger charge is -2.26. The molecule has 1 aromatic heterocycles. The molecule has 0 amide bonds. The molecule has 1 aliphatic rings. The number of rotatable bonds is 7. The van der Waals surface area contributed by atoms with Crippen molar-refractivity contribution in [3.8, 4) is 11.3 Å². The van der Waals surface area contributed by atoms with E-state index in [0.717, 1.165) is 68.5 Å². The summed E-state index contributed by atoms with van der Waals surface area (Å²) in [6.07, 6.45) is 0.806. The second-order valence-corrected chi connectivity index (χ2v) is 8.21. The van der Waals surface area contributed by atoms with Gasteiger partial charge in [-0.2, -0.15) is 0 Å².